The van der Waals surface area contributed by atoms with Crippen LogP contribution in [-0.4, -0.2) is 60.0 Å². The Morgan fingerprint density at radius 2 is 1.89 bits per heavy atom. The molecule has 0 unspecified atom stereocenters. The second kappa shape index (κ2) is 5.17. The van der Waals surface area contributed by atoms with Gasteiger partial charge in [-0.3, -0.25) is 9.88 Å². The number of nitrogens with two attached hydrogens (primary N) is 1. The van der Waals surface area contributed by atoms with Gasteiger partial charge >= 0.3 is 0 Å². The molecule has 1 aliphatic rings. The van der Waals surface area contributed by atoms with Gasteiger partial charge in [0, 0.05) is 32.7 Å². The van der Waals surface area contributed by atoms with Crippen LogP contribution in [0.5, 0.6) is 0 Å². The quantitative estimate of drug-likeness (QED) is 0.768. The maximum absolute atomic E-state index is 11.4. The molecule has 0 amide bonds. The Morgan fingerprint density at radius 1 is 1.22 bits per heavy atom. The lowest BCUT2D eigenvalue weighted by molar-refractivity contribution is 0.180. The summed E-state index contributed by atoms with van der Waals surface area (Å²) in [5, 5.41) is 0. The van der Waals surface area contributed by atoms with Gasteiger partial charge < -0.3 is 5.73 Å². The normalized spacial score (nSPS) is 18.9. The van der Waals surface area contributed by atoms with E-state index >= 15 is 0 Å². The topological polar surface area (TPSA) is 92.4 Å². The molecule has 2 rings (SSSR count). The van der Waals surface area contributed by atoms with Crippen LogP contribution >= 0.6 is 0 Å². The van der Waals surface area contributed by atoms with Crippen molar-refractivity contribution in [3.8, 4) is 0 Å². The summed E-state index contributed by atoms with van der Waals surface area (Å²) >= 11 is 0. The number of nitrogen functional groups attached to an aromatic ring is 1. The van der Waals surface area contributed by atoms with E-state index in [9.17, 15) is 8.42 Å². The van der Waals surface area contributed by atoms with E-state index in [0.717, 1.165) is 5.69 Å². The maximum Gasteiger partial charge on any atom is 0.211 e. The fourth-order valence-corrected chi connectivity index (χ4v) is 2.72. The van der Waals surface area contributed by atoms with Crippen molar-refractivity contribution in [3.63, 3.8) is 0 Å². The van der Waals surface area contributed by atoms with Crippen molar-refractivity contribution in [1.29, 1.82) is 0 Å². The summed E-state index contributed by atoms with van der Waals surface area (Å²) in [4.78, 5) is 10.3. The third-order valence-corrected chi connectivity index (χ3v) is 4.21. The Hall–Kier alpha value is -1.25. The van der Waals surface area contributed by atoms with Gasteiger partial charge in [-0.15, -0.1) is 0 Å². The van der Waals surface area contributed by atoms with E-state index in [0.29, 0.717) is 38.5 Å². The van der Waals surface area contributed by atoms with Crippen molar-refractivity contribution in [2.45, 2.75) is 6.54 Å². The molecule has 8 heteroatoms. The Balaban J connectivity index is 1.89. The molecule has 0 saturated carbocycles. The Morgan fingerprint density at radius 3 is 2.39 bits per heavy atom. The summed E-state index contributed by atoms with van der Waals surface area (Å²) in [6.07, 6.45) is 4.43. The Labute approximate surface area is 107 Å². The predicted octanol–water partition coefficient (Wildman–Crippen LogP) is -0.864. The van der Waals surface area contributed by atoms with Crippen molar-refractivity contribution < 1.29 is 8.42 Å². The van der Waals surface area contributed by atoms with Gasteiger partial charge in [-0.05, 0) is 0 Å². The Kier molecular flexibility index (Phi) is 3.79. The highest BCUT2D eigenvalue weighted by atomic mass is 32.2. The first-order valence-corrected chi connectivity index (χ1v) is 7.54. The van der Waals surface area contributed by atoms with E-state index in [2.05, 4.69) is 14.9 Å². The monoisotopic (exact) mass is 271 g/mol. The number of sulfonamides is 1. The Bertz CT molecular complexity index is 494. The highest BCUT2D eigenvalue weighted by Crippen LogP contribution is 2.09. The molecule has 0 bridgehead atoms. The molecular weight excluding hydrogens is 254 g/mol. The van der Waals surface area contributed by atoms with Crippen LogP contribution in [0, 0.1) is 0 Å². The summed E-state index contributed by atoms with van der Waals surface area (Å²) in [6.45, 7) is 3.14. The summed E-state index contributed by atoms with van der Waals surface area (Å²) in [5.41, 5.74) is 6.31. The fourth-order valence-electron chi connectivity index (χ4n) is 1.89. The minimum absolute atomic E-state index is 0.403. The summed E-state index contributed by atoms with van der Waals surface area (Å²) in [6, 6.07) is 0. The third-order valence-electron chi connectivity index (χ3n) is 2.91. The molecule has 0 aromatic carbocycles. The average Bonchev–Trinajstić information content (AvgIpc) is 2.32. The molecule has 100 valence electrons. The molecule has 0 spiro atoms. The van der Waals surface area contributed by atoms with Crippen LogP contribution in [0.1, 0.15) is 5.69 Å². The highest BCUT2D eigenvalue weighted by Gasteiger charge is 2.23. The number of piperazine rings is 1. The number of nitrogens with zero attached hydrogens (tertiary/aromatic N) is 4. The molecule has 0 aliphatic carbocycles. The number of hydrogen-bond acceptors (Lipinski definition) is 6. The molecule has 1 aromatic heterocycles. The van der Waals surface area contributed by atoms with Crippen LogP contribution in [0.25, 0.3) is 0 Å². The van der Waals surface area contributed by atoms with Crippen LogP contribution in [-0.2, 0) is 16.6 Å². The van der Waals surface area contributed by atoms with Gasteiger partial charge in [-0.2, -0.15) is 4.31 Å². The van der Waals surface area contributed by atoms with E-state index in [4.69, 9.17) is 5.73 Å². The molecular formula is C10H17N5O2S. The molecule has 0 atom stereocenters. The van der Waals surface area contributed by atoms with Gasteiger partial charge in [0.05, 0.1) is 24.3 Å². The maximum atomic E-state index is 11.4. The molecule has 1 aromatic rings. The van der Waals surface area contributed by atoms with E-state index in [1.54, 1.807) is 6.20 Å². The van der Waals surface area contributed by atoms with Gasteiger partial charge in [0.15, 0.2) is 0 Å². The number of rotatable bonds is 3. The van der Waals surface area contributed by atoms with Crippen molar-refractivity contribution >= 4 is 15.8 Å². The lowest BCUT2D eigenvalue weighted by atomic mass is 10.3. The van der Waals surface area contributed by atoms with Crippen molar-refractivity contribution in [1.82, 2.24) is 19.2 Å². The van der Waals surface area contributed by atoms with Crippen molar-refractivity contribution in [3.05, 3.63) is 18.1 Å². The average molecular weight is 271 g/mol. The standard InChI is InChI=1S/C10H17N5O2S/c1-18(16,17)15-4-2-14(3-5-15)8-9-6-13-10(11)7-12-9/h6-7H,2-5,8H2,1H3,(H2,11,13). The molecule has 2 N–H and O–H groups in total. The van der Waals surface area contributed by atoms with E-state index in [-0.39, 0.29) is 0 Å². The van der Waals surface area contributed by atoms with E-state index in [1.807, 2.05) is 0 Å². The minimum atomic E-state index is -3.07. The first-order chi connectivity index (χ1) is 8.45. The summed E-state index contributed by atoms with van der Waals surface area (Å²) < 4.78 is 24.2. The van der Waals surface area contributed by atoms with E-state index < -0.39 is 10.0 Å². The molecule has 2 heterocycles. The first-order valence-electron chi connectivity index (χ1n) is 5.69. The van der Waals surface area contributed by atoms with E-state index in [1.165, 1.54) is 16.8 Å². The zero-order valence-corrected chi connectivity index (χ0v) is 11.1. The van der Waals surface area contributed by atoms with Gasteiger partial charge in [0.1, 0.15) is 5.82 Å². The molecule has 18 heavy (non-hydrogen) atoms. The molecule has 1 aliphatic heterocycles. The largest absolute Gasteiger partial charge is 0.382 e. The second-order valence-corrected chi connectivity index (χ2v) is 6.35. The highest BCUT2D eigenvalue weighted by molar-refractivity contribution is 7.88. The van der Waals surface area contributed by atoms with Crippen molar-refractivity contribution in [2.75, 3.05) is 38.2 Å². The SMILES string of the molecule is CS(=O)(=O)N1CCN(Cc2cnc(N)cn2)CC1. The number of hydrogen-bond donors (Lipinski definition) is 1. The van der Waals surface area contributed by atoms with Crippen LogP contribution in [0.4, 0.5) is 5.82 Å². The lowest BCUT2D eigenvalue weighted by Crippen LogP contribution is -2.47. The zero-order chi connectivity index (χ0) is 13.2. The molecule has 1 saturated heterocycles. The van der Waals surface area contributed by atoms with Crippen LogP contribution in [0.15, 0.2) is 12.4 Å². The summed E-state index contributed by atoms with van der Waals surface area (Å²) in [7, 11) is -3.07. The predicted molar refractivity (Wildman–Crippen MR) is 68.1 cm³/mol. The van der Waals surface area contributed by atoms with Gasteiger partial charge in [-0.25, -0.2) is 13.4 Å². The number of anilines is 1. The van der Waals surface area contributed by atoms with Gasteiger partial charge in [-0.1, -0.05) is 0 Å². The summed E-state index contributed by atoms with van der Waals surface area (Å²) in [5.74, 6) is 0.403. The smallest absolute Gasteiger partial charge is 0.211 e. The zero-order valence-electron chi connectivity index (χ0n) is 10.3. The first kappa shape index (κ1) is 13.2. The van der Waals surface area contributed by atoms with Crippen molar-refractivity contribution in [2.24, 2.45) is 0 Å². The van der Waals surface area contributed by atoms with Gasteiger partial charge in [0.2, 0.25) is 10.0 Å². The number of aromatic nitrogens is 2. The fraction of sp³-hybridized carbons (Fsp3) is 0.600. The molecule has 0 radical (unpaired) electrons. The molecule has 7 nitrogen and oxygen atoms in total. The van der Waals surface area contributed by atoms with Crippen LogP contribution in [0.3, 0.4) is 0 Å². The second-order valence-electron chi connectivity index (χ2n) is 4.37. The van der Waals surface area contributed by atoms with Crippen LogP contribution < -0.4 is 5.73 Å². The molecule has 1 fully saturated rings. The minimum Gasteiger partial charge on any atom is -0.382 e. The lowest BCUT2D eigenvalue weighted by Gasteiger charge is -2.32. The van der Waals surface area contributed by atoms with Crippen LogP contribution in [0.2, 0.25) is 0 Å². The third kappa shape index (κ3) is 3.37. The van der Waals surface area contributed by atoms with Gasteiger partial charge in [0.25, 0.3) is 0 Å².